The van der Waals surface area contributed by atoms with Crippen LogP contribution in [0.1, 0.15) is 35.6 Å². The summed E-state index contributed by atoms with van der Waals surface area (Å²) in [5.74, 6) is 0. The van der Waals surface area contributed by atoms with E-state index < -0.39 is 0 Å². The van der Waals surface area contributed by atoms with E-state index in [0.29, 0.717) is 12.1 Å². The number of rotatable bonds is 3. The number of epoxide rings is 1. The van der Waals surface area contributed by atoms with Gasteiger partial charge in [0.1, 0.15) is 6.61 Å². The summed E-state index contributed by atoms with van der Waals surface area (Å²) in [6, 6.07) is 19.1. The van der Waals surface area contributed by atoms with Crippen LogP contribution in [0.25, 0.3) is 0 Å². The van der Waals surface area contributed by atoms with Gasteiger partial charge in [-0.2, -0.15) is 5.26 Å². The molecule has 132 valence electrons. The fraction of sp³-hybridized carbons (Fsp3) is 0.333. The monoisotopic (exact) mass is 348 g/mol. The Morgan fingerprint density at radius 1 is 1.23 bits per heavy atom. The van der Waals surface area contributed by atoms with Crippen molar-refractivity contribution in [3.8, 4) is 6.07 Å². The first-order valence-corrected chi connectivity index (χ1v) is 8.80. The van der Waals surface area contributed by atoms with Crippen LogP contribution in [0.5, 0.6) is 0 Å². The molecular formula is C21H20N2O3. The number of hydrogen-bond donors (Lipinski definition) is 0. The molecule has 0 N–H and O–H groups in total. The van der Waals surface area contributed by atoms with E-state index in [2.05, 4.69) is 6.07 Å². The van der Waals surface area contributed by atoms with Gasteiger partial charge in [0.15, 0.2) is 0 Å². The quantitative estimate of drug-likeness (QED) is 0.791. The SMILES string of the molecule is N#Cc1ccc(C2CC3(CCN2C(=O)OCc2ccccc2)CO3)cc1. The van der Waals surface area contributed by atoms with Crippen LogP contribution in [0, 0.1) is 11.3 Å². The Balaban J connectivity index is 1.50. The van der Waals surface area contributed by atoms with E-state index in [1.807, 2.05) is 42.5 Å². The molecule has 0 saturated carbocycles. The molecule has 2 aliphatic heterocycles. The van der Waals surface area contributed by atoms with Gasteiger partial charge in [-0.1, -0.05) is 42.5 Å². The van der Waals surface area contributed by atoms with Gasteiger partial charge < -0.3 is 14.4 Å². The molecule has 1 spiro atoms. The number of nitrogens with zero attached hydrogens (tertiary/aromatic N) is 2. The van der Waals surface area contributed by atoms with Crippen molar-refractivity contribution in [1.29, 1.82) is 5.26 Å². The lowest BCUT2D eigenvalue weighted by Gasteiger charge is -2.38. The van der Waals surface area contributed by atoms with E-state index in [9.17, 15) is 4.79 Å². The van der Waals surface area contributed by atoms with E-state index in [0.717, 1.165) is 30.6 Å². The van der Waals surface area contributed by atoms with Crippen LogP contribution in [-0.2, 0) is 16.1 Å². The Kier molecular flexibility index (Phi) is 4.36. The molecule has 2 aliphatic rings. The summed E-state index contributed by atoms with van der Waals surface area (Å²) in [4.78, 5) is 14.5. The van der Waals surface area contributed by atoms with Crippen molar-refractivity contribution < 1.29 is 14.3 Å². The summed E-state index contributed by atoms with van der Waals surface area (Å²) in [7, 11) is 0. The van der Waals surface area contributed by atoms with Crippen LogP contribution < -0.4 is 0 Å². The minimum absolute atomic E-state index is 0.0885. The summed E-state index contributed by atoms with van der Waals surface area (Å²) in [6.45, 7) is 1.63. The van der Waals surface area contributed by atoms with Crippen molar-refractivity contribution in [2.45, 2.75) is 31.1 Å². The summed E-state index contributed by atoms with van der Waals surface area (Å²) in [6.07, 6.45) is 1.29. The molecule has 0 aliphatic carbocycles. The van der Waals surface area contributed by atoms with E-state index in [1.54, 1.807) is 17.0 Å². The highest BCUT2D eigenvalue weighted by Gasteiger charge is 2.51. The molecule has 1 amide bonds. The van der Waals surface area contributed by atoms with Gasteiger partial charge in [0.2, 0.25) is 0 Å². The number of carbonyl (C=O) groups excluding carboxylic acids is 1. The maximum absolute atomic E-state index is 12.7. The standard InChI is InChI=1S/C21H20N2O3/c22-13-16-6-8-18(9-7-16)19-12-21(15-26-21)10-11-23(19)20(24)25-14-17-4-2-1-3-5-17/h1-9,19H,10-12,14-15H2. The smallest absolute Gasteiger partial charge is 0.410 e. The van der Waals surface area contributed by atoms with Crippen molar-refractivity contribution in [1.82, 2.24) is 4.90 Å². The second-order valence-corrected chi connectivity index (χ2v) is 6.91. The lowest BCUT2D eigenvalue weighted by atomic mass is 9.87. The number of ether oxygens (including phenoxy) is 2. The number of carbonyl (C=O) groups is 1. The van der Waals surface area contributed by atoms with Crippen LogP contribution >= 0.6 is 0 Å². The molecular weight excluding hydrogens is 328 g/mol. The highest BCUT2D eigenvalue weighted by atomic mass is 16.6. The van der Waals surface area contributed by atoms with Gasteiger partial charge in [-0.3, -0.25) is 0 Å². The first-order valence-electron chi connectivity index (χ1n) is 8.80. The van der Waals surface area contributed by atoms with Gasteiger partial charge in [0, 0.05) is 13.0 Å². The molecule has 2 atom stereocenters. The van der Waals surface area contributed by atoms with Crippen molar-refractivity contribution in [2.75, 3.05) is 13.2 Å². The summed E-state index contributed by atoms with van der Waals surface area (Å²) >= 11 is 0. The van der Waals surface area contributed by atoms with Crippen molar-refractivity contribution in [3.05, 3.63) is 71.3 Å². The molecule has 26 heavy (non-hydrogen) atoms. The zero-order valence-corrected chi connectivity index (χ0v) is 14.4. The molecule has 2 fully saturated rings. The Labute approximate surface area is 152 Å². The molecule has 0 radical (unpaired) electrons. The van der Waals surface area contributed by atoms with Gasteiger partial charge in [0.25, 0.3) is 0 Å². The second kappa shape index (κ2) is 6.81. The largest absolute Gasteiger partial charge is 0.445 e. The Hall–Kier alpha value is -2.84. The third-order valence-electron chi connectivity index (χ3n) is 5.17. The summed E-state index contributed by atoms with van der Waals surface area (Å²) in [5, 5.41) is 9.00. The number of nitriles is 1. The summed E-state index contributed by atoms with van der Waals surface area (Å²) in [5.41, 5.74) is 2.50. The normalized spacial score (nSPS) is 24.1. The molecule has 4 rings (SSSR count). The predicted molar refractivity (Wildman–Crippen MR) is 95.1 cm³/mol. The van der Waals surface area contributed by atoms with Gasteiger partial charge in [-0.25, -0.2) is 4.79 Å². The van der Waals surface area contributed by atoms with Crippen LogP contribution in [0.3, 0.4) is 0 Å². The maximum Gasteiger partial charge on any atom is 0.410 e. The average Bonchev–Trinajstić information content (AvgIpc) is 3.45. The molecule has 0 bridgehead atoms. The number of piperidine rings is 1. The Bertz CT molecular complexity index is 823. The van der Waals surface area contributed by atoms with Crippen molar-refractivity contribution in [2.24, 2.45) is 0 Å². The highest BCUT2D eigenvalue weighted by molar-refractivity contribution is 5.68. The van der Waals surface area contributed by atoms with Gasteiger partial charge in [0.05, 0.1) is 29.9 Å². The van der Waals surface area contributed by atoms with Crippen LogP contribution in [-0.4, -0.2) is 29.7 Å². The summed E-state index contributed by atoms with van der Waals surface area (Å²) < 4.78 is 11.2. The number of amides is 1. The number of likely N-dealkylation sites (tertiary alicyclic amines) is 1. The minimum Gasteiger partial charge on any atom is -0.445 e. The van der Waals surface area contributed by atoms with Crippen molar-refractivity contribution >= 4 is 6.09 Å². The Morgan fingerprint density at radius 2 is 1.96 bits per heavy atom. The molecule has 5 heteroatoms. The molecule has 2 aromatic rings. The zero-order valence-electron chi connectivity index (χ0n) is 14.4. The fourth-order valence-electron chi connectivity index (χ4n) is 3.51. The zero-order chi connectivity index (χ0) is 18.0. The number of hydrogen-bond acceptors (Lipinski definition) is 4. The van der Waals surface area contributed by atoms with E-state index in [-0.39, 0.29) is 24.3 Å². The highest BCUT2D eigenvalue weighted by Crippen LogP contribution is 2.46. The van der Waals surface area contributed by atoms with E-state index in [4.69, 9.17) is 14.7 Å². The molecule has 2 saturated heterocycles. The third-order valence-corrected chi connectivity index (χ3v) is 5.17. The van der Waals surface area contributed by atoms with Gasteiger partial charge >= 0.3 is 6.09 Å². The van der Waals surface area contributed by atoms with E-state index in [1.165, 1.54) is 0 Å². The molecule has 2 heterocycles. The lowest BCUT2D eigenvalue weighted by molar-refractivity contribution is 0.0487. The molecule has 2 unspecified atom stereocenters. The topological polar surface area (TPSA) is 65.9 Å². The Morgan fingerprint density at radius 3 is 2.62 bits per heavy atom. The second-order valence-electron chi connectivity index (χ2n) is 6.91. The minimum atomic E-state index is -0.307. The fourth-order valence-corrected chi connectivity index (χ4v) is 3.51. The average molecular weight is 348 g/mol. The number of benzene rings is 2. The van der Waals surface area contributed by atoms with Gasteiger partial charge in [-0.05, 0) is 29.7 Å². The molecule has 2 aromatic carbocycles. The third kappa shape index (κ3) is 3.42. The first-order chi connectivity index (χ1) is 12.7. The van der Waals surface area contributed by atoms with Crippen molar-refractivity contribution in [3.63, 3.8) is 0 Å². The van der Waals surface area contributed by atoms with Crippen LogP contribution in [0.4, 0.5) is 4.79 Å². The maximum atomic E-state index is 12.7. The first kappa shape index (κ1) is 16.6. The van der Waals surface area contributed by atoms with E-state index >= 15 is 0 Å². The van der Waals surface area contributed by atoms with Crippen LogP contribution in [0.2, 0.25) is 0 Å². The molecule has 0 aromatic heterocycles. The van der Waals surface area contributed by atoms with Gasteiger partial charge in [-0.15, -0.1) is 0 Å². The molecule has 5 nitrogen and oxygen atoms in total. The van der Waals surface area contributed by atoms with Crippen LogP contribution in [0.15, 0.2) is 54.6 Å². The predicted octanol–water partition coefficient (Wildman–Crippen LogP) is 3.80. The lowest BCUT2D eigenvalue weighted by Crippen LogP contribution is -2.44.